The van der Waals surface area contributed by atoms with Crippen molar-refractivity contribution in [3.05, 3.63) is 71.4 Å². The molecule has 0 unspecified atom stereocenters. The lowest BCUT2D eigenvalue weighted by Crippen LogP contribution is -2.40. The quantitative estimate of drug-likeness (QED) is 0.944. The highest BCUT2D eigenvalue weighted by molar-refractivity contribution is 5.76. The van der Waals surface area contributed by atoms with Gasteiger partial charge in [-0.25, -0.2) is 4.79 Å². The molecular weight excluding hydrogens is 288 g/mol. The Labute approximate surface area is 136 Å². The standard InChI is InChI=1S/C19H20N2O2/c1-23-18-8-4-5-15(13-18)9-11-20-19(22)21-12-10-16-6-2-3-7-17(16)14-21/h2-9,11,13H,10,12,14H2,1H3,(H,20,22)/b11-9+. The average molecular weight is 308 g/mol. The molecule has 4 nitrogen and oxygen atoms in total. The van der Waals surface area contributed by atoms with Gasteiger partial charge in [0.2, 0.25) is 0 Å². The van der Waals surface area contributed by atoms with E-state index in [1.807, 2.05) is 47.4 Å². The molecule has 0 aliphatic carbocycles. The number of ether oxygens (including phenoxy) is 1. The maximum Gasteiger partial charge on any atom is 0.321 e. The molecule has 0 spiro atoms. The summed E-state index contributed by atoms with van der Waals surface area (Å²) in [6, 6.07) is 15.9. The number of fused-ring (bicyclic) bond motifs is 1. The van der Waals surface area contributed by atoms with Crippen molar-refractivity contribution >= 4 is 12.1 Å². The van der Waals surface area contributed by atoms with Crippen LogP contribution in [0.2, 0.25) is 0 Å². The topological polar surface area (TPSA) is 41.6 Å². The molecule has 2 aromatic rings. The minimum Gasteiger partial charge on any atom is -0.497 e. The van der Waals surface area contributed by atoms with Crippen molar-refractivity contribution in [3.8, 4) is 5.75 Å². The Kier molecular flexibility index (Phi) is 4.62. The zero-order valence-electron chi connectivity index (χ0n) is 13.2. The average Bonchev–Trinajstić information content (AvgIpc) is 2.61. The van der Waals surface area contributed by atoms with Crippen LogP contribution in [-0.4, -0.2) is 24.6 Å². The number of methoxy groups -OCH3 is 1. The van der Waals surface area contributed by atoms with Crippen LogP contribution >= 0.6 is 0 Å². The lowest BCUT2D eigenvalue weighted by atomic mass is 10.0. The van der Waals surface area contributed by atoms with E-state index in [-0.39, 0.29) is 6.03 Å². The fourth-order valence-corrected chi connectivity index (χ4v) is 2.71. The fraction of sp³-hybridized carbons (Fsp3) is 0.211. The summed E-state index contributed by atoms with van der Waals surface area (Å²) in [6.07, 6.45) is 4.44. The molecule has 0 radical (unpaired) electrons. The number of hydrogen-bond donors (Lipinski definition) is 1. The second kappa shape index (κ2) is 7.01. The van der Waals surface area contributed by atoms with Gasteiger partial charge in [-0.3, -0.25) is 0 Å². The predicted molar refractivity (Wildman–Crippen MR) is 91.1 cm³/mol. The number of nitrogens with one attached hydrogen (secondary N) is 1. The molecule has 2 aromatic carbocycles. The van der Waals surface area contributed by atoms with Gasteiger partial charge in [-0.15, -0.1) is 0 Å². The van der Waals surface area contributed by atoms with Crippen LogP contribution in [0.1, 0.15) is 16.7 Å². The number of hydrogen-bond acceptors (Lipinski definition) is 2. The molecule has 4 heteroatoms. The lowest BCUT2D eigenvalue weighted by molar-refractivity contribution is 0.196. The second-order valence-electron chi connectivity index (χ2n) is 5.50. The first-order chi connectivity index (χ1) is 11.3. The highest BCUT2D eigenvalue weighted by Crippen LogP contribution is 2.18. The van der Waals surface area contributed by atoms with Crippen LogP contribution in [0.5, 0.6) is 5.75 Å². The SMILES string of the molecule is COc1cccc(/C=C/NC(=O)N2CCc3ccccc3C2)c1. The van der Waals surface area contributed by atoms with E-state index >= 15 is 0 Å². The van der Waals surface area contributed by atoms with Gasteiger partial charge in [0.15, 0.2) is 0 Å². The Morgan fingerprint density at radius 3 is 2.83 bits per heavy atom. The summed E-state index contributed by atoms with van der Waals surface area (Å²) < 4.78 is 5.18. The molecule has 0 saturated heterocycles. The molecule has 1 aliphatic rings. The molecule has 1 aliphatic heterocycles. The van der Waals surface area contributed by atoms with Crippen LogP contribution in [0.15, 0.2) is 54.7 Å². The highest BCUT2D eigenvalue weighted by atomic mass is 16.5. The molecule has 1 N–H and O–H groups in total. The van der Waals surface area contributed by atoms with E-state index < -0.39 is 0 Å². The molecule has 118 valence electrons. The van der Waals surface area contributed by atoms with Gasteiger partial charge < -0.3 is 15.0 Å². The third-order valence-electron chi connectivity index (χ3n) is 3.99. The third kappa shape index (κ3) is 3.72. The van der Waals surface area contributed by atoms with Crippen LogP contribution in [0.4, 0.5) is 4.79 Å². The van der Waals surface area contributed by atoms with E-state index in [0.717, 1.165) is 24.3 Å². The van der Waals surface area contributed by atoms with Gasteiger partial charge >= 0.3 is 6.03 Å². The summed E-state index contributed by atoms with van der Waals surface area (Å²) in [6.45, 7) is 1.41. The summed E-state index contributed by atoms with van der Waals surface area (Å²) in [5.74, 6) is 0.797. The molecule has 0 bridgehead atoms. The summed E-state index contributed by atoms with van der Waals surface area (Å²) in [7, 11) is 1.64. The summed E-state index contributed by atoms with van der Waals surface area (Å²) in [5, 5.41) is 2.83. The summed E-state index contributed by atoms with van der Waals surface area (Å²) in [5.41, 5.74) is 3.54. The van der Waals surface area contributed by atoms with Gasteiger partial charge in [-0.1, -0.05) is 36.4 Å². The molecule has 0 aromatic heterocycles. The fourth-order valence-electron chi connectivity index (χ4n) is 2.71. The van der Waals surface area contributed by atoms with Gasteiger partial charge in [0, 0.05) is 19.3 Å². The number of amides is 2. The maximum absolute atomic E-state index is 12.3. The number of carbonyl (C=O) groups excluding carboxylic acids is 1. The van der Waals surface area contributed by atoms with E-state index in [1.165, 1.54) is 11.1 Å². The normalized spacial score (nSPS) is 13.7. The largest absolute Gasteiger partial charge is 0.497 e. The second-order valence-corrected chi connectivity index (χ2v) is 5.50. The van der Waals surface area contributed by atoms with E-state index in [2.05, 4.69) is 17.4 Å². The zero-order valence-corrected chi connectivity index (χ0v) is 13.2. The van der Waals surface area contributed by atoms with Crippen LogP contribution in [0.25, 0.3) is 6.08 Å². The zero-order chi connectivity index (χ0) is 16.1. The minimum atomic E-state index is -0.0707. The Hall–Kier alpha value is -2.75. The van der Waals surface area contributed by atoms with Crippen molar-refractivity contribution in [2.24, 2.45) is 0 Å². The number of benzene rings is 2. The van der Waals surface area contributed by atoms with Crippen molar-refractivity contribution < 1.29 is 9.53 Å². The van der Waals surface area contributed by atoms with Crippen molar-refractivity contribution in [1.29, 1.82) is 0 Å². The predicted octanol–water partition coefficient (Wildman–Crippen LogP) is 3.43. The number of carbonyl (C=O) groups is 1. The Morgan fingerprint density at radius 1 is 1.17 bits per heavy atom. The van der Waals surface area contributed by atoms with Crippen LogP contribution in [0, 0.1) is 0 Å². The van der Waals surface area contributed by atoms with Crippen LogP contribution in [0.3, 0.4) is 0 Å². The molecule has 0 fully saturated rings. The molecule has 3 rings (SSSR count). The van der Waals surface area contributed by atoms with Crippen molar-refractivity contribution in [2.45, 2.75) is 13.0 Å². The van der Waals surface area contributed by atoms with Gasteiger partial charge in [0.05, 0.1) is 7.11 Å². The summed E-state index contributed by atoms with van der Waals surface area (Å²) >= 11 is 0. The smallest absolute Gasteiger partial charge is 0.321 e. The van der Waals surface area contributed by atoms with E-state index in [1.54, 1.807) is 13.3 Å². The van der Waals surface area contributed by atoms with Crippen molar-refractivity contribution in [3.63, 3.8) is 0 Å². The molecule has 1 heterocycles. The molecular formula is C19H20N2O2. The molecule has 0 saturated carbocycles. The van der Waals surface area contributed by atoms with Gasteiger partial charge in [0.25, 0.3) is 0 Å². The van der Waals surface area contributed by atoms with Gasteiger partial charge in [-0.2, -0.15) is 0 Å². The monoisotopic (exact) mass is 308 g/mol. The molecule has 2 amide bonds. The minimum absolute atomic E-state index is 0.0707. The maximum atomic E-state index is 12.3. The first kappa shape index (κ1) is 15.2. The van der Waals surface area contributed by atoms with Gasteiger partial charge in [-0.05, 0) is 41.3 Å². The van der Waals surface area contributed by atoms with E-state index in [0.29, 0.717) is 6.54 Å². The highest BCUT2D eigenvalue weighted by Gasteiger charge is 2.19. The van der Waals surface area contributed by atoms with Crippen LogP contribution < -0.4 is 10.1 Å². The van der Waals surface area contributed by atoms with Gasteiger partial charge in [0.1, 0.15) is 5.75 Å². The third-order valence-corrected chi connectivity index (χ3v) is 3.99. The Balaban J connectivity index is 1.58. The number of nitrogens with zero attached hydrogens (tertiary/aromatic N) is 1. The first-order valence-corrected chi connectivity index (χ1v) is 7.69. The van der Waals surface area contributed by atoms with Crippen molar-refractivity contribution in [2.75, 3.05) is 13.7 Å². The molecule has 0 atom stereocenters. The molecule has 23 heavy (non-hydrogen) atoms. The van der Waals surface area contributed by atoms with E-state index in [4.69, 9.17) is 4.74 Å². The van der Waals surface area contributed by atoms with E-state index in [9.17, 15) is 4.79 Å². The Bertz CT molecular complexity index is 725. The van der Waals surface area contributed by atoms with Crippen molar-refractivity contribution in [1.82, 2.24) is 10.2 Å². The number of rotatable bonds is 3. The Morgan fingerprint density at radius 2 is 2.00 bits per heavy atom. The lowest BCUT2D eigenvalue weighted by Gasteiger charge is -2.28. The van der Waals surface area contributed by atoms with Crippen LogP contribution in [-0.2, 0) is 13.0 Å². The number of urea groups is 1. The first-order valence-electron chi connectivity index (χ1n) is 7.69. The summed E-state index contributed by atoms with van der Waals surface area (Å²) in [4.78, 5) is 14.1.